The van der Waals surface area contributed by atoms with Gasteiger partial charge in [-0.2, -0.15) is 0 Å². The van der Waals surface area contributed by atoms with Gasteiger partial charge in [0.05, 0.1) is 0 Å². The van der Waals surface area contributed by atoms with Gasteiger partial charge in [0, 0.05) is 4.83 Å². The van der Waals surface area contributed by atoms with Gasteiger partial charge in [-0.15, -0.1) is 0 Å². The summed E-state index contributed by atoms with van der Waals surface area (Å²) < 4.78 is 0. The van der Waals surface area contributed by atoms with E-state index in [9.17, 15) is 0 Å². The average Bonchev–Trinajstić information content (AvgIpc) is 2.19. The summed E-state index contributed by atoms with van der Waals surface area (Å²) in [6.07, 6.45) is 5.50. The fraction of sp³-hybridized carbons (Fsp3) is 0.385. The number of benzene rings is 1. The lowest BCUT2D eigenvalue weighted by molar-refractivity contribution is 0.621. The lowest BCUT2D eigenvalue weighted by atomic mass is 10.1. The number of hydrogen-bond donors (Lipinski definition) is 0. The Labute approximate surface area is 95.2 Å². The summed E-state index contributed by atoms with van der Waals surface area (Å²) in [6.45, 7) is 4.46. The fourth-order valence-corrected chi connectivity index (χ4v) is 1.39. The Morgan fingerprint density at radius 1 is 1.21 bits per heavy atom. The average molecular weight is 253 g/mol. The summed E-state index contributed by atoms with van der Waals surface area (Å²) in [4.78, 5) is 0.586. The molecule has 0 aliphatic rings. The van der Waals surface area contributed by atoms with E-state index in [0.29, 0.717) is 10.7 Å². The van der Waals surface area contributed by atoms with E-state index in [-0.39, 0.29) is 0 Å². The maximum atomic E-state index is 3.66. The number of hydrogen-bond acceptors (Lipinski definition) is 0. The van der Waals surface area contributed by atoms with Crippen LogP contribution >= 0.6 is 15.9 Å². The molecule has 0 aliphatic heterocycles. The molecular weight excluding hydrogens is 236 g/mol. The van der Waals surface area contributed by atoms with Crippen molar-refractivity contribution in [1.29, 1.82) is 0 Å². The van der Waals surface area contributed by atoms with Gasteiger partial charge >= 0.3 is 0 Å². The van der Waals surface area contributed by atoms with E-state index in [2.05, 4.69) is 66.2 Å². The van der Waals surface area contributed by atoms with Crippen molar-refractivity contribution < 1.29 is 0 Å². The molecule has 1 aromatic rings. The molecule has 1 atom stereocenters. The van der Waals surface area contributed by atoms with Crippen LogP contribution in [-0.2, 0) is 0 Å². The van der Waals surface area contributed by atoms with Gasteiger partial charge in [-0.1, -0.05) is 72.3 Å². The highest BCUT2D eigenvalue weighted by Gasteiger charge is 2.05. The third kappa shape index (κ3) is 4.10. The van der Waals surface area contributed by atoms with E-state index in [1.807, 2.05) is 6.07 Å². The first-order chi connectivity index (χ1) is 6.70. The highest BCUT2D eigenvalue weighted by Crippen LogP contribution is 2.16. The molecule has 0 saturated heterocycles. The van der Waals surface area contributed by atoms with E-state index < -0.39 is 0 Å². The predicted molar refractivity (Wildman–Crippen MR) is 67.6 cm³/mol. The minimum absolute atomic E-state index is 0.586. The second kappa shape index (κ2) is 6.02. The van der Waals surface area contributed by atoms with Gasteiger partial charge in [0.15, 0.2) is 0 Å². The predicted octanol–water partition coefficient (Wildman–Crippen LogP) is 4.51. The van der Waals surface area contributed by atoms with Crippen LogP contribution in [0.5, 0.6) is 0 Å². The van der Waals surface area contributed by atoms with Gasteiger partial charge in [0.2, 0.25) is 0 Å². The molecule has 76 valence electrons. The molecule has 0 nitrogen and oxygen atoms in total. The zero-order chi connectivity index (χ0) is 10.4. The van der Waals surface area contributed by atoms with Crippen LogP contribution in [0.3, 0.4) is 0 Å². The van der Waals surface area contributed by atoms with E-state index >= 15 is 0 Å². The third-order valence-corrected chi connectivity index (χ3v) is 3.63. The lowest BCUT2D eigenvalue weighted by Crippen LogP contribution is -2.04. The standard InChI is InChI=1S/C13H17Br/c1-11(2)13(14)10-6-9-12-7-4-3-5-8-12/h3-9,11,13H,10H2,1-2H3. The maximum Gasteiger partial charge on any atom is 0.0203 e. The summed E-state index contributed by atoms with van der Waals surface area (Å²) in [6, 6.07) is 10.4. The van der Waals surface area contributed by atoms with E-state index in [0.717, 1.165) is 6.42 Å². The molecule has 0 radical (unpaired) electrons. The highest BCUT2D eigenvalue weighted by molar-refractivity contribution is 9.09. The van der Waals surface area contributed by atoms with Gasteiger partial charge in [-0.3, -0.25) is 0 Å². The van der Waals surface area contributed by atoms with Crippen LogP contribution in [0.15, 0.2) is 36.4 Å². The molecule has 1 aromatic carbocycles. The zero-order valence-corrected chi connectivity index (χ0v) is 10.4. The van der Waals surface area contributed by atoms with E-state index in [4.69, 9.17) is 0 Å². The Balaban J connectivity index is 2.42. The number of allylic oxidation sites excluding steroid dienone is 1. The highest BCUT2D eigenvalue weighted by atomic mass is 79.9. The molecule has 0 heterocycles. The molecule has 0 aromatic heterocycles. The van der Waals surface area contributed by atoms with Crippen LogP contribution in [0.4, 0.5) is 0 Å². The first kappa shape index (κ1) is 11.5. The Kier molecular flexibility index (Phi) is 4.95. The topological polar surface area (TPSA) is 0 Å². The van der Waals surface area contributed by atoms with Crippen molar-refractivity contribution in [2.24, 2.45) is 5.92 Å². The lowest BCUT2D eigenvalue weighted by Gasteiger charge is -2.09. The molecule has 1 unspecified atom stereocenters. The molecule has 0 bridgehead atoms. The normalized spacial score (nSPS) is 13.7. The molecule has 0 saturated carbocycles. The molecule has 0 spiro atoms. The minimum atomic E-state index is 0.586. The SMILES string of the molecule is CC(C)C(Br)CC=Cc1ccccc1. The Morgan fingerprint density at radius 3 is 2.43 bits per heavy atom. The Morgan fingerprint density at radius 2 is 1.86 bits per heavy atom. The van der Waals surface area contributed by atoms with E-state index in [1.54, 1.807) is 0 Å². The Bertz CT molecular complexity index is 275. The molecule has 0 aliphatic carbocycles. The smallest absolute Gasteiger partial charge is 0.0203 e. The maximum absolute atomic E-state index is 3.66. The molecule has 0 amide bonds. The largest absolute Gasteiger partial charge is 0.0885 e. The van der Waals surface area contributed by atoms with Crippen LogP contribution in [0.2, 0.25) is 0 Å². The van der Waals surface area contributed by atoms with Crippen LogP contribution in [0.25, 0.3) is 6.08 Å². The summed E-state index contributed by atoms with van der Waals surface area (Å²) in [5, 5.41) is 0. The quantitative estimate of drug-likeness (QED) is 0.692. The number of alkyl halides is 1. The van der Waals surface area contributed by atoms with E-state index in [1.165, 1.54) is 5.56 Å². The molecule has 0 N–H and O–H groups in total. The van der Waals surface area contributed by atoms with Gasteiger partial charge in [-0.05, 0) is 17.9 Å². The van der Waals surface area contributed by atoms with Crippen LogP contribution < -0.4 is 0 Å². The van der Waals surface area contributed by atoms with Crippen molar-refractivity contribution in [3.63, 3.8) is 0 Å². The summed E-state index contributed by atoms with van der Waals surface area (Å²) in [7, 11) is 0. The van der Waals surface area contributed by atoms with Crippen LogP contribution in [-0.4, -0.2) is 4.83 Å². The Hall–Kier alpha value is -0.560. The van der Waals surface area contributed by atoms with Crippen molar-refractivity contribution in [1.82, 2.24) is 0 Å². The molecule has 14 heavy (non-hydrogen) atoms. The zero-order valence-electron chi connectivity index (χ0n) is 8.78. The first-order valence-corrected chi connectivity index (χ1v) is 5.97. The van der Waals surface area contributed by atoms with Crippen molar-refractivity contribution in [3.05, 3.63) is 42.0 Å². The van der Waals surface area contributed by atoms with Crippen molar-refractivity contribution in [2.75, 3.05) is 0 Å². The second-order valence-electron chi connectivity index (χ2n) is 3.81. The van der Waals surface area contributed by atoms with Crippen molar-refractivity contribution in [2.45, 2.75) is 25.1 Å². The first-order valence-electron chi connectivity index (χ1n) is 5.06. The van der Waals surface area contributed by atoms with Crippen molar-refractivity contribution in [3.8, 4) is 0 Å². The van der Waals surface area contributed by atoms with Gasteiger partial charge in [0.25, 0.3) is 0 Å². The summed E-state index contributed by atoms with van der Waals surface area (Å²) in [5.41, 5.74) is 1.27. The van der Waals surface area contributed by atoms with Crippen LogP contribution in [0.1, 0.15) is 25.8 Å². The molecular formula is C13H17Br. The minimum Gasteiger partial charge on any atom is -0.0885 e. The summed E-state index contributed by atoms with van der Waals surface area (Å²) >= 11 is 3.66. The summed E-state index contributed by atoms with van der Waals surface area (Å²) in [5.74, 6) is 0.690. The molecule has 1 rings (SSSR count). The fourth-order valence-electron chi connectivity index (χ4n) is 1.17. The van der Waals surface area contributed by atoms with Crippen LogP contribution in [0, 0.1) is 5.92 Å². The third-order valence-electron chi connectivity index (χ3n) is 2.19. The van der Waals surface area contributed by atoms with Gasteiger partial charge in [-0.25, -0.2) is 0 Å². The van der Waals surface area contributed by atoms with Gasteiger partial charge < -0.3 is 0 Å². The number of rotatable bonds is 4. The van der Waals surface area contributed by atoms with Crippen molar-refractivity contribution >= 4 is 22.0 Å². The monoisotopic (exact) mass is 252 g/mol. The second-order valence-corrected chi connectivity index (χ2v) is 4.98. The molecule has 1 heteroatoms. The number of halogens is 1. The van der Waals surface area contributed by atoms with Gasteiger partial charge in [0.1, 0.15) is 0 Å². The molecule has 0 fully saturated rings.